The minimum absolute atomic E-state index is 0.252. The number of hydrogen-bond acceptors (Lipinski definition) is 5. The van der Waals surface area contributed by atoms with Crippen LogP contribution in [0.5, 0.6) is 0 Å². The number of carbonyl (C=O) groups is 2. The molecule has 1 atom stereocenters. The summed E-state index contributed by atoms with van der Waals surface area (Å²) in [6, 6.07) is 4.30. The highest BCUT2D eigenvalue weighted by atomic mass is 35.5. The van der Waals surface area contributed by atoms with E-state index in [0.717, 1.165) is 0 Å². The Morgan fingerprint density at radius 1 is 1.55 bits per heavy atom. The molecule has 116 valence electrons. The maximum Gasteiger partial charge on any atom is 0.330 e. The van der Waals surface area contributed by atoms with Crippen molar-refractivity contribution in [2.24, 2.45) is 0 Å². The van der Waals surface area contributed by atoms with Gasteiger partial charge in [0.1, 0.15) is 5.65 Å². The maximum atomic E-state index is 11.8. The fourth-order valence-corrected chi connectivity index (χ4v) is 2.07. The van der Waals surface area contributed by atoms with Crippen LogP contribution in [0.25, 0.3) is 11.7 Å². The molecule has 0 bridgehead atoms. The van der Waals surface area contributed by atoms with Gasteiger partial charge in [-0.1, -0.05) is 17.7 Å². The van der Waals surface area contributed by atoms with E-state index in [1.165, 1.54) is 19.3 Å². The Morgan fingerprint density at radius 3 is 3.00 bits per heavy atom. The van der Waals surface area contributed by atoms with E-state index in [-0.39, 0.29) is 5.15 Å². The molecule has 2 aromatic heterocycles. The van der Waals surface area contributed by atoms with Gasteiger partial charge in [0.25, 0.3) is 0 Å². The van der Waals surface area contributed by atoms with E-state index in [4.69, 9.17) is 16.7 Å². The first-order valence-electron chi connectivity index (χ1n) is 6.36. The van der Waals surface area contributed by atoms with E-state index in [9.17, 15) is 9.59 Å². The molecule has 0 saturated carbocycles. The van der Waals surface area contributed by atoms with Gasteiger partial charge in [-0.3, -0.25) is 9.20 Å². The second-order valence-electron chi connectivity index (χ2n) is 4.32. The van der Waals surface area contributed by atoms with Gasteiger partial charge in [-0.25, -0.2) is 9.78 Å². The van der Waals surface area contributed by atoms with Gasteiger partial charge in [0.15, 0.2) is 11.2 Å². The van der Waals surface area contributed by atoms with Crippen molar-refractivity contribution in [3.8, 4) is 0 Å². The minimum Gasteiger partial charge on any atom is -0.467 e. The van der Waals surface area contributed by atoms with E-state index in [2.05, 4.69) is 15.0 Å². The Hall–Kier alpha value is -2.38. The maximum absolute atomic E-state index is 11.8. The quantitative estimate of drug-likeness (QED) is 0.622. The Morgan fingerprint density at radius 2 is 2.32 bits per heavy atom. The summed E-state index contributed by atoms with van der Waals surface area (Å²) < 4.78 is 6.18. The molecule has 0 spiro atoms. The number of aliphatic hydroxyl groups excluding tert-OH is 1. The summed E-state index contributed by atoms with van der Waals surface area (Å²) in [7, 11) is 1.17. The van der Waals surface area contributed by atoms with Crippen LogP contribution in [0.2, 0.25) is 5.15 Å². The predicted octanol–water partition coefficient (Wildman–Crippen LogP) is 0.651. The molecule has 0 aromatic carbocycles. The van der Waals surface area contributed by atoms with Gasteiger partial charge in [-0.05, 0) is 18.2 Å². The van der Waals surface area contributed by atoms with Crippen molar-refractivity contribution in [2.75, 3.05) is 13.7 Å². The van der Waals surface area contributed by atoms with E-state index in [1.807, 2.05) is 12.1 Å². The first-order chi connectivity index (χ1) is 10.6. The summed E-state index contributed by atoms with van der Waals surface area (Å²) in [5, 5.41) is 11.6. The number of fused-ring (bicyclic) bond motifs is 1. The van der Waals surface area contributed by atoms with Crippen LogP contribution in [0.3, 0.4) is 0 Å². The molecular weight excluding hydrogens is 310 g/mol. The monoisotopic (exact) mass is 323 g/mol. The van der Waals surface area contributed by atoms with Crippen LogP contribution in [-0.4, -0.2) is 46.1 Å². The van der Waals surface area contributed by atoms with Crippen LogP contribution in [-0.2, 0) is 14.3 Å². The first kappa shape index (κ1) is 16.0. The van der Waals surface area contributed by atoms with Crippen LogP contribution < -0.4 is 5.32 Å². The normalized spacial score (nSPS) is 12.5. The number of carbonyl (C=O) groups excluding carboxylic acids is 2. The van der Waals surface area contributed by atoms with Crippen molar-refractivity contribution >= 4 is 35.2 Å². The van der Waals surface area contributed by atoms with Crippen LogP contribution in [0.1, 0.15) is 5.69 Å². The van der Waals surface area contributed by atoms with E-state index in [1.54, 1.807) is 16.7 Å². The molecule has 7 nitrogen and oxygen atoms in total. The van der Waals surface area contributed by atoms with Crippen molar-refractivity contribution in [1.82, 2.24) is 14.7 Å². The Kier molecular flexibility index (Phi) is 5.13. The van der Waals surface area contributed by atoms with Gasteiger partial charge in [0.05, 0.1) is 19.4 Å². The number of nitrogens with zero attached hydrogens (tertiary/aromatic N) is 2. The molecule has 2 rings (SSSR count). The fraction of sp³-hybridized carbons (Fsp3) is 0.214. The predicted molar refractivity (Wildman–Crippen MR) is 80.3 cm³/mol. The lowest BCUT2D eigenvalue weighted by atomic mass is 10.3. The number of methoxy groups -OCH3 is 1. The third kappa shape index (κ3) is 3.44. The van der Waals surface area contributed by atoms with Crippen molar-refractivity contribution in [3.05, 3.63) is 41.3 Å². The summed E-state index contributed by atoms with van der Waals surface area (Å²) >= 11 is 6.03. The van der Waals surface area contributed by atoms with Crippen molar-refractivity contribution in [2.45, 2.75) is 6.04 Å². The smallest absolute Gasteiger partial charge is 0.330 e. The second kappa shape index (κ2) is 7.06. The number of aliphatic hydroxyl groups is 1. The van der Waals surface area contributed by atoms with Gasteiger partial charge >= 0.3 is 5.97 Å². The average Bonchev–Trinajstić information content (AvgIpc) is 2.85. The molecule has 8 heteroatoms. The van der Waals surface area contributed by atoms with Crippen LogP contribution in [0.4, 0.5) is 0 Å². The number of imidazole rings is 1. The lowest BCUT2D eigenvalue weighted by Crippen LogP contribution is -2.43. The third-order valence-corrected chi connectivity index (χ3v) is 3.18. The van der Waals surface area contributed by atoms with Gasteiger partial charge < -0.3 is 15.2 Å². The molecular formula is C14H14ClN3O4. The molecule has 2 heterocycles. The zero-order chi connectivity index (χ0) is 16.1. The standard InChI is InChI=1S/C14H14ClN3O4/c1-22-14(21)9(8-19)16-12(20)6-5-10-13(15)17-11-4-2-3-7-18(10)11/h2-7,9,19H,8H2,1H3,(H,16,20)/b6-5+/t9-/m1/s1. The minimum atomic E-state index is -1.11. The molecule has 0 aliphatic heterocycles. The molecule has 22 heavy (non-hydrogen) atoms. The lowest BCUT2D eigenvalue weighted by Gasteiger charge is -2.11. The molecule has 2 N–H and O–H groups in total. The Bertz CT molecular complexity index is 726. The number of halogens is 1. The van der Waals surface area contributed by atoms with E-state index in [0.29, 0.717) is 11.3 Å². The second-order valence-corrected chi connectivity index (χ2v) is 4.67. The number of esters is 1. The van der Waals surface area contributed by atoms with Crippen LogP contribution in [0.15, 0.2) is 30.5 Å². The van der Waals surface area contributed by atoms with E-state index < -0.39 is 24.5 Å². The number of aromatic nitrogens is 2. The Balaban J connectivity index is 2.15. The molecule has 0 saturated heterocycles. The third-order valence-electron chi connectivity index (χ3n) is 2.90. The first-order valence-corrected chi connectivity index (χ1v) is 6.74. The van der Waals surface area contributed by atoms with E-state index >= 15 is 0 Å². The summed E-state index contributed by atoms with van der Waals surface area (Å²) in [6.07, 6.45) is 4.44. The number of rotatable bonds is 5. The number of amides is 1. The highest BCUT2D eigenvalue weighted by Crippen LogP contribution is 2.18. The topological polar surface area (TPSA) is 92.9 Å². The van der Waals surface area contributed by atoms with Crippen LogP contribution >= 0.6 is 11.6 Å². The number of nitrogens with one attached hydrogen (secondary N) is 1. The lowest BCUT2D eigenvalue weighted by molar-refractivity contribution is -0.145. The van der Waals surface area contributed by atoms with Gasteiger partial charge in [-0.2, -0.15) is 0 Å². The van der Waals surface area contributed by atoms with Crippen LogP contribution in [0, 0.1) is 0 Å². The van der Waals surface area contributed by atoms with Crippen molar-refractivity contribution in [3.63, 3.8) is 0 Å². The van der Waals surface area contributed by atoms with Gasteiger partial charge in [0.2, 0.25) is 5.91 Å². The number of ether oxygens (including phenoxy) is 1. The molecule has 0 aliphatic rings. The summed E-state index contributed by atoms with van der Waals surface area (Å²) in [4.78, 5) is 27.2. The van der Waals surface area contributed by atoms with Crippen molar-refractivity contribution < 1.29 is 19.4 Å². The fourth-order valence-electron chi connectivity index (χ4n) is 1.83. The summed E-state index contributed by atoms with van der Waals surface area (Å²) in [5.74, 6) is -1.29. The Labute approximate surface area is 131 Å². The number of hydrogen-bond donors (Lipinski definition) is 2. The SMILES string of the molecule is COC(=O)[C@@H](CO)NC(=O)/C=C/c1c(Cl)nc2ccccn12. The molecule has 2 aromatic rings. The zero-order valence-electron chi connectivity index (χ0n) is 11.7. The van der Waals surface area contributed by atoms with Gasteiger partial charge in [0, 0.05) is 12.3 Å². The zero-order valence-corrected chi connectivity index (χ0v) is 12.4. The molecule has 0 aliphatic carbocycles. The highest BCUT2D eigenvalue weighted by Gasteiger charge is 2.19. The molecule has 0 radical (unpaired) electrons. The molecule has 0 fully saturated rings. The summed E-state index contributed by atoms with van der Waals surface area (Å²) in [6.45, 7) is -0.553. The molecule has 0 unspecified atom stereocenters. The highest BCUT2D eigenvalue weighted by molar-refractivity contribution is 6.31. The summed E-state index contributed by atoms with van der Waals surface area (Å²) in [5.41, 5.74) is 1.18. The number of pyridine rings is 1. The average molecular weight is 324 g/mol. The van der Waals surface area contributed by atoms with Crippen molar-refractivity contribution in [1.29, 1.82) is 0 Å². The molecule has 1 amide bonds. The largest absolute Gasteiger partial charge is 0.467 e. The van der Waals surface area contributed by atoms with Gasteiger partial charge in [-0.15, -0.1) is 0 Å².